The van der Waals surface area contributed by atoms with Crippen LogP contribution in [0.15, 0.2) is 233 Å². The lowest BCUT2D eigenvalue weighted by Crippen LogP contribution is -2.10. The van der Waals surface area contributed by atoms with Crippen LogP contribution >= 0.6 is 0 Å². The molecule has 0 aliphatic carbocycles. The molecule has 10 aromatic carbocycles. The quantitative estimate of drug-likeness (QED) is 0.161. The van der Waals surface area contributed by atoms with Crippen LogP contribution < -0.4 is 4.90 Å². The fourth-order valence-electron chi connectivity index (χ4n) is 9.11. The molecule has 0 radical (unpaired) electrons. The van der Waals surface area contributed by atoms with Crippen molar-refractivity contribution in [1.82, 2.24) is 0 Å². The highest BCUT2D eigenvalue weighted by Gasteiger charge is 2.18. The Hall–Kier alpha value is -8.14. The van der Waals surface area contributed by atoms with Gasteiger partial charge in [0.05, 0.1) is 0 Å². The van der Waals surface area contributed by atoms with Crippen molar-refractivity contribution in [3.8, 4) is 44.5 Å². The SMILES string of the molecule is c1cc(-c2cccc3oc4ccccc4c23)cc(N(c2ccc(-c3ccc(-c4ccc5ccccc5c4)cc3)cc2)c2ccc(-c3cccc4oc5ccccc5c34)cc2)c1. The predicted molar refractivity (Wildman–Crippen MR) is 255 cm³/mol. The zero-order valence-electron chi connectivity index (χ0n) is 33.1. The minimum Gasteiger partial charge on any atom is -0.456 e. The number of fused-ring (bicyclic) bond motifs is 7. The monoisotopic (exact) mass is 779 g/mol. The number of furan rings is 2. The van der Waals surface area contributed by atoms with Gasteiger partial charge in [-0.2, -0.15) is 0 Å². The molecule has 0 spiro atoms. The van der Waals surface area contributed by atoms with Crippen molar-refractivity contribution < 1.29 is 8.83 Å². The van der Waals surface area contributed by atoms with E-state index in [1.807, 2.05) is 24.3 Å². The van der Waals surface area contributed by atoms with Gasteiger partial charge in [0.1, 0.15) is 22.3 Å². The van der Waals surface area contributed by atoms with Crippen LogP contribution in [-0.2, 0) is 0 Å². The van der Waals surface area contributed by atoms with E-state index in [1.54, 1.807) is 0 Å². The van der Waals surface area contributed by atoms with Gasteiger partial charge in [0.25, 0.3) is 0 Å². The van der Waals surface area contributed by atoms with Gasteiger partial charge in [0.15, 0.2) is 0 Å². The molecule has 0 saturated heterocycles. The van der Waals surface area contributed by atoms with Crippen LogP contribution in [0.1, 0.15) is 0 Å². The summed E-state index contributed by atoms with van der Waals surface area (Å²) in [5.74, 6) is 0. The minimum atomic E-state index is 0.887. The summed E-state index contributed by atoms with van der Waals surface area (Å²) in [5.41, 5.74) is 16.1. The number of anilines is 3. The van der Waals surface area contributed by atoms with Crippen molar-refractivity contribution in [2.45, 2.75) is 0 Å². The molecule has 12 rings (SSSR count). The molecular formula is C58H37NO2. The molecule has 12 aromatic rings. The predicted octanol–water partition coefficient (Wildman–Crippen LogP) is 16.8. The van der Waals surface area contributed by atoms with Gasteiger partial charge in [-0.25, -0.2) is 0 Å². The van der Waals surface area contributed by atoms with E-state index in [4.69, 9.17) is 8.83 Å². The maximum Gasteiger partial charge on any atom is 0.136 e. The number of hydrogen-bond donors (Lipinski definition) is 0. The molecule has 2 aromatic heterocycles. The summed E-state index contributed by atoms with van der Waals surface area (Å²) in [4.78, 5) is 2.35. The molecule has 0 aliphatic rings. The van der Waals surface area contributed by atoms with Crippen LogP contribution in [0.25, 0.3) is 99.2 Å². The molecular weight excluding hydrogens is 743 g/mol. The summed E-state index contributed by atoms with van der Waals surface area (Å²) in [6.45, 7) is 0. The molecule has 61 heavy (non-hydrogen) atoms. The van der Waals surface area contributed by atoms with E-state index in [-0.39, 0.29) is 0 Å². The van der Waals surface area contributed by atoms with Gasteiger partial charge in [0.2, 0.25) is 0 Å². The average molecular weight is 780 g/mol. The Morgan fingerprint density at radius 2 is 0.721 bits per heavy atom. The average Bonchev–Trinajstić information content (AvgIpc) is 3.91. The normalized spacial score (nSPS) is 11.6. The first-order valence-electron chi connectivity index (χ1n) is 20.7. The first-order chi connectivity index (χ1) is 30.2. The summed E-state index contributed by atoms with van der Waals surface area (Å²) in [5, 5.41) is 7.01. The molecule has 0 N–H and O–H groups in total. The highest BCUT2D eigenvalue weighted by Crippen LogP contribution is 2.43. The molecule has 3 nitrogen and oxygen atoms in total. The molecule has 0 bridgehead atoms. The van der Waals surface area contributed by atoms with Gasteiger partial charge < -0.3 is 13.7 Å². The summed E-state index contributed by atoms with van der Waals surface area (Å²) >= 11 is 0. The number of para-hydroxylation sites is 2. The highest BCUT2D eigenvalue weighted by molar-refractivity contribution is 6.13. The van der Waals surface area contributed by atoms with Crippen LogP contribution in [0.2, 0.25) is 0 Å². The van der Waals surface area contributed by atoms with E-state index >= 15 is 0 Å². The first kappa shape index (κ1) is 34.9. The smallest absolute Gasteiger partial charge is 0.136 e. The van der Waals surface area contributed by atoms with Crippen molar-refractivity contribution in [2.24, 2.45) is 0 Å². The zero-order chi connectivity index (χ0) is 40.3. The minimum absolute atomic E-state index is 0.887. The molecule has 3 heteroatoms. The van der Waals surface area contributed by atoms with Crippen molar-refractivity contribution >= 4 is 71.7 Å². The van der Waals surface area contributed by atoms with Gasteiger partial charge in [-0.3, -0.25) is 0 Å². The van der Waals surface area contributed by atoms with Crippen molar-refractivity contribution in [2.75, 3.05) is 4.90 Å². The van der Waals surface area contributed by atoms with Gasteiger partial charge >= 0.3 is 0 Å². The molecule has 286 valence electrons. The molecule has 0 fully saturated rings. The Bertz CT molecular complexity index is 3580. The van der Waals surface area contributed by atoms with Crippen LogP contribution in [0.4, 0.5) is 17.1 Å². The van der Waals surface area contributed by atoms with Crippen LogP contribution in [0.5, 0.6) is 0 Å². The second kappa shape index (κ2) is 14.3. The van der Waals surface area contributed by atoms with Crippen molar-refractivity contribution in [3.05, 3.63) is 224 Å². The number of hydrogen-bond acceptors (Lipinski definition) is 3. The standard InChI is InChI=1S/C58H37NO2/c1-2-11-43-36-44(27-26-38(43)10-1)41-24-22-39(23-25-41)40-28-32-46(33-29-40)59(47-34-30-42(31-35-47)49-16-8-20-55-57(49)51-14-3-5-18-53(51)60-55)48-13-7-12-45(37-48)50-17-9-21-56-58(50)52-15-4-6-19-54(52)61-56/h1-37H. The molecule has 0 unspecified atom stereocenters. The summed E-state index contributed by atoms with van der Waals surface area (Å²) < 4.78 is 12.6. The summed E-state index contributed by atoms with van der Waals surface area (Å²) in [7, 11) is 0. The lowest BCUT2D eigenvalue weighted by atomic mass is 9.97. The third-order valence-electron chi connectivity index (χ3n) is 12.1. The second-order valence-electron chi connectivity index (χ2n) is 15.7. The van der Waals surface area contributed by atoms with Gasteiger partial charge in [-0.1, -0.05) is 158 Å². The number of nitrogens with zero attached hydrogens (tertiary/aromatic N) is 1. The molecule has 0 atom stereocenters. The Morgan fingerprint density at radius 1 is 0.262 bits per heavy atom. The van der Waals surface area contributed by atoms with Crippen molar-refractivity contribution in [1.29, 1.82) is 0 Å². The van der Waals surface area contributed by atoms with Crippen molar-refractivity contribution in [3.63, 3.8) is 0 Å². The lowest BCUT2D eigenvalue weighted by Gasteiger charge is -2.26. The maximum absolute atomic E-state index is 6.30. The van der Waals surface area contributed by atoms with Crippen LogP contribution in [0, 0.1) is 0 Å². The largest absolute Gasteiger partial charge is 0.456 e. The van der Waals surface area contributed by atoms with E-state index in [1.165, 1.54) is 27.5 Å². The Balaban J connectivity index is 0.939. The van der Waals surface area contributed by atoms with E-state index in [9.17, 15) is 0 Å². The first-order valence-corrected chi connectivity index (χ1v) is 20.7. The third kappa shape index (κ3) is 6.06. The van der Waals surface area contributed by atoms with E-state index < -0.39 is 0 Å². The topological polar surface area (TPSA) is 29.5 Å². The Morgan fingerprint density at radius 3 is 1.34 bits per heavy atom. The Kier molecular flexibility index (Phi) is 8.17. The molecule has 0 saturated carbocycles. The molecule has 0 aliphatic heterocycles. The highest BCUT2D eigenvalue weighted by atomic mass is 16.3. The van der Waals surface area contributed by atoms with Crippen LogP contribution in [-0.4, -0.2) is 0 Å². The number of rotatable bonds is 7. The third-order valence-corrected chi connectivity index (χ3v) is 12.1. The second-order valence-corrected chi connectivity index (χ2v) is 15.7. The van der Waals surface area contributed by atoms with Gasteiger partial charge in [-0.05, 0) is 122 Å². The zero-order valence-corrected chi connectivity index (χ0v) is 33.1. The summed E-state index contributed by atoms with van der Waals surface area (Å²) in [6, 6.07) is 80.0. The van der Waals surface area contributed by atoms with E-state index in [0.29, 0.717) is 0 Å². The summed E-state index contributed by atoms with van der Waals surface area (Å²) in [6.07, 6.45) is 0. The Labute approximate surface area is 353 Å². The van der Waals surface area contributed by atoms with Gasteiger partial charge in [-0.15, -0.1) is 0 Å². The molecule has 2 heterocycles. The van der Waals surface area contributed by atoms with E-state index in [0.717, 1.165) is 88.8 Å². The lowest BCUT2D eigenvalue weighted by molar-refractivity contribution is 0.668. The fourth-order valence-corrected chi connectivity index (χ4v) is 9.11. The molecule has 0 amide bonds. The van der Waals surface area contributed by atoms with Gasteiger partial charge in [0, 0.05) is 38.6 Å². The van der Waals surface area contributed by atoms with Crippen LogP contribution in [0.3, 0.4) is 0 Å². The number of benzene rings is 10. The van der Waals surface area contributed by atoms with E-state index in [2.05, 4.69) is 205 Å². The fraction of sp³-hybridized carbons (Fsp3) is 0. The maximum atomic E-state index is 6.30.